The number of carbonyl (C=O) groups is 2. The molecule has 2 aromatic rings. The van der Waals surface area contributed by atoms with Crippen LogP contribution in [0.4, 0.5) is 0 Å². The van der Waals surface area contributed by atoms with Crippen molar-refractivity contribution in [2.24, 2.45) is 0 Å². The maximum Gasteiger partial charge on any atom is 0.356 e. The number of β-lactam (4-membered cyclic amide) rings is 1. The quantitative estimate of drug-likeness (QED) is 0.508. The molecule has 1 atom stereocenters. The lowest BCUT2D eigenvalue weighted by Crippen LogP contribution is -2.55. The molecule has 4 nitrogen and oxygen atoms in total. The van der Waals surface area contributed by atoms with Crippen LogP contribution < -0.4 is 0 Å². The Balaban J connectivity index is 1.66. The average molecular weight is 365 g/mol. The largest absolute Gasteiger partial charge is 0.448 e. The van der Waals surface area contributed by atoms with Crippen molar-refractivity contribution in [3.8, 4) is 0 Å². The first-order valence-corrected chi connectivity index (χ1v) is 9.15. The lowest BCUT2D eigenvalue weighted by molar-refractivity contribution is -0.154. The molecule has 1 amide bonds. The zero-order valence-electron chi connectivity index (χ0n) is 14.2. The number of carbonyl (C=O) groups excluding carboxylic acids is 2. The van der Waals surface area contributed by atoms with Crippen molar-refractivity contribution < 1.29 is 14.3 Å². The zero-order chi connectivity index (χ0) is 18.1. The third-order valence-electron chi connectivity index (χ3n) is 4.90. The van der Waals surface area contributed by atoms with Crippen LogP contribution in [0.5, 0.6) is 0 Å². The monoisotopic (exact) mass is 365 g/mol. The Hall–Kier alpha value is -2.53. The van der Waals surface area contributed by atoms with Crippen LogP contribution in [0.2, 0.25) is 0 Å². The van der Waals surface area contributed by atoms with Gasteiger partial charge in [-0.3, -0.25) is 4.79 Å². The number of ether oxygens (including phenoxy) is 1. The molecule has 2 aromatic carbocycles. The van der Waals surface area contributed by atoms with Crippen molar-refractivity contribution in [1.82, 2.24) is 4.90 Å². The molecule has 0 N–H and O–H groups in total. The fourth-order valence-corrected chi connectivity index (χ4v) is 3.87. The maximum absolute atomic E-state index is 13.0. The van der Waals surface area contributed by atoms with E-state index in [1.165, 1.54) is 0 Å². The number of hydrogen-bond donors (Lipinski definition) is 1. The Labute approximate surface area is 157 Å². The lowest BCUT2D eigenvalue weighted by Gasteiger charge is -2.44. The minimum Gasteiger partial charge on any atom is -0.448 e. The van der Waals surface area contributed by atoms with Gasteiger partial charge in [-0.15, -0.1) is 12.6 Å². The molecular weight excluding hydrogens is 346 g/mol. The minimum absolute atomic E-state index is 0.0378. The number of rotatable bonds is 4. The summed E-state index contributed by atoms with van der Waals surface area (Å²) in [4.78, 5) is 27.2. The third kappa shape index (κ3) is 3.03. The summed E-state index contributed by atoms with van der Waals surface area (Å²) >= 11 is 4.45. The van der Waals surface area contributed by atoms with Gasteiger partial charge in [0, 0.05) is 17.4 Å². The van der Waals surface area contributed by atoms with E-state index in [0.29, 0.717) is 23.4 Å². The summed E-state index contributed by atoms with van der Waals surface area (Å²) in [6.45, 7) is 0. The van der Waals surface area contributed by atoms with Gasteiger partial charge in [0.05, 0.1) is 0 Å². The summed E-state index contributed by atoms with van der Waals surface area (Å²) in [7, 11) is 0. The number of amides is 1. The highest BCUT2D eigenvalue weighted by Gasteiger charge is 2.45. The molecule has 1 fully saturated rings. The van der Waals surface area contributed by atoms with Crippen LogP contribution in [0, 0.1) is 0 Å². The van der Waals surface area contributed by atoms with E-state index in [2.05, 4.69) is 12.6 Å². The van der Waals surface area contributed by atoms with Crippen LogP contribution in [-0.2, 0) is 14.3 Å². The summed E-state index contributed by atoms with van der Waals surface area (Å²) in [6, 6.07) is 19.3. The van der Waals surface area contributed by atoms with Crippen LogP contribution in [-0.4, -0.2) is 22.8 Å². The highest BCUT2D eigenvalue weighted by atomic mass is 32.1. The van der Waals surface area contributed by atoms with Gasteiger partial charge in [0.1, 0.15) is 5.70 Å². The summed E-state index contributed by atoms with van der Waals surface area (Å²) < 4.78 is 5.89. The van der Waals surface area contributed by atoms with Crippen LogP contribution >= 0.6 is 12.6 Å². The second-order valence-electron chi connectivity index (χ2n) is 6.56. The van der Waals surface area contributed by atoms with E-state index in [1.54, 1.807) is 4.90 Å². The molecule has 4 rings (SSSR count). The number of nitrogens with zero attached hydrogens (tertiary/aromatic N) is 1. The SMILES string of the molecule is O=C(OC(c1ccccc1)c1ccccc1)C1=C(S)CCC2CC(=O)N12. The van der Waals surface area contributed by atoms with E-state index < -0.39 is 12.1 Å². The van der Waals surface area contributed by atoms with E-state index in [-0.39, 0.29) is 11.9 Å². The van der Waals surface area contributed by atoms with Crippen molar-refractivity contribution in [2.45, 2.75) is 31.4 Å². The summed E-state index contributed by atoms with van der Waals surface area (Å²) in [6.07, 6.45) is 1.51. The molecule has 2 heterocycles. The maximum atomic E-state index is 13.0. The predicted molar refractivity (Wildman–Crippen MR) is 101 cm³/mol. The van der Waals surface area contributed by atoms with Gasteiger partial charge in [-0.05, 0) is 24.0 Å². The van der Waals surface area contributed by atoms with Gasteiger partial charge >= 0.3 is 5.97 Å². The van der Waals surface area contributed by atoms with E-state index in [9.17, 15) is 9.59 Å². The Kier molecular flexibility index (Phi) is 4.55. The molecule has 26 heavy (non-hydrogen) atoms. The normalized spacial score (nSPS) is 19.2. The van der Waals surface area contributed by atoms with Gasteiger partial charge in [-0.2, -0.15) is 0 Å². The molecule has 0 aromatic heterocycles. The molecule has 0 saturated carbocycles. The predicted octanol–water partition coefficient (Wildman–Crippen LogP) is 3.86. The molecule has 2 aliphatic rings. The Morgan fingerprint density at radius 3 is 2.15 bits per heavy atom. The van der Waals surface area contributed by atoms with Crippen LogP contribution in [0.1, 0.15) is 36.5 Å². The molecule has 1 unspecified atom stereocenters. The number of hydrogen-bond acceptors (Lipinski definition) is 4. The molecule has 0 spiro atoms. The lowest BCUT2D eigenvalue weighted by atomic mass is 9.91. The molecule has 2 aliphatic heterocycles. The highest BCUT2D eigenvalue weighted by Crippen LogP contribution is 2.39. The first kappa shape index (κ1) is 16.9. The van der Waals surface area contributed by atoms with Crippen molar-refractivity contribution in [2.75, 3.05) is 0 Å². The molecule has 1 saturated heterocycles. The molecular formula is C21H19NO3S. The second-order valence-corrected chi connectivity index (χ2v) is 7.10. The van der Waals surface area contributed by atoms with Gasteiger partial charge in [-0.25, -0.2) is 4.79 Å². The Morgan fingerprint density at radius 2 is 1.62 bits per heavy atom. The van der Waals surface area contributed by atoms with Gasteiger partial charge in [-0.1, -0.05) is 60.7 Å². The highest BCUT2D eigenvalue weighted by molar-refractivity contribution is 7.84. The van der Waals surface area contributed by atoms with E-state index >= 15 is 0 Å². The summed E-state index contributed by atoms with van der Waals surface area (Å²) in [5.74, 6) is -0.533. The van der Waals surface area contributed by atoms with Gasteiger partial charge in [0.2, 0.25) is 5.91 Å². The standard InChI is InChI=1S/C21H19NO3S/c23-18-13-16-11-12-17(26)19(22(16)18)21(24)25-20(14-7-3-1-4-8-14)15-9-5-2-6-10-15/h1-10,16,20,26H,11-13H2. The second kappa shape index (κ2) is 7.00. The average Bonchev–Trinajstić information content (AvgIpc) is 2.67. The number of thiol groups is 1. The molecule has 132 valence electrons. The zero-order valence-corrected chi connectivity index (χ0v) is 15.1. The number of benzene rings is 2. The van der Waals surface area contributed by atoms with Crippen molar-refractivity contribution in [3.05, 3.63) is 82.4 Å². The molecule has 5 heteroatoms. The van der Waals surface area contributed by atoms with Crippen molar-refractivity contribution in [1.29, 1.82) is 0 Å². The number of allylic oxidation sites excluding steroid dienone is 1. The van der Waals surface area contributed by atoms with Crippen LogP contribution in [0.3, 0.4) is 0 Å². The smallest absolute Gasteiger partial charge is 0.356 e. The van der Waals surface area contributed by atoms with E-state index in [1.807, 2.05) is 60.7 Å². The van der Waals surface area contributed by atoms with Gasteiger partial charge in [0.25, 0.3) is 0 Å². The van der Waals surface area contributed by atoms with Crippen molar-refractivity contribution in [3.63, 3.8) is 0 Å². The minimum atomic E-state index is -0.532. The number of fused-ring (bicyclic) bond motifs is 1. The van der Waals surface area contributed by atoms with Gasteiger partial charge in [0.15, 0.2) is 6.10 Å². The summed E-state index contributed by atoms with van der Waals surface area (Å²) in [5.41, 5.74) is 2.07. The Morgan fingerprint density at radius 1 is 1.04 bits per heavy atom. The molecule has 0 aliphatic carbocycles. The number of esters is 1. The fourth-order valence-electron chi connectivity index (χ4n) is 3.54. The fraction of sp³-hybridized carbons (Fsp3) is 0.238. The van der Waals surface area contributed by atoms with Gasteiger partial charge < -0.3 is 9.64 Å². The van der Waals surface area contributed by atoms with E-state index in [4.69, 9.17) is 4.74 Å². The van der Waals surface area contributed by atoms with Crippen LogP contribution in [0.25, 0.3) is 0 Å². The first-order valence-electron chi connectivity index (χ1n) is 8.70. The van der Waals surface area contributed by atoms with Crippen LogP contribution in [0.15, 0.2) is 71.3 Å². The van der Waals surface area contributed by atoms with Crippen molar-refractivity contribution >= 4 is 24.5 Å². The third-order valence-corrected chi connectivity index (χ3v) is 5.33. The Bertz CT molecular complexity index is 824. The molecule has 0 bridgehead atoms. The topological polar surface area (TPSA) is 46.6 Å². The summed E-state index contributed by atoms with van der Waals surface area (Å²) in [5, 5.41) is 0. The van der Waals surface area contributed by atoms with E-state index in [0.717, 1.165) is 17.5 Å². The first-order chi connectivity index (χ1) is 12.6. The molecule has 0 radical (unpaired) electrons.